The molecule has 0 saturated carbocycles. The molecule has 7 nitrogen and oxygen atoms in total. The van der Waals surface area contributed by atoms with E-state index in [-0.39, 0.29) is 17.3 Å². The maximum absolute atomic E-state index is 13.0. The molecule has 1 atom stereocenters. The minimum Gasteiger partial charge on any atom is -0.481 e. The number of rotatable bonds is 5. The molecular weight excluding hydrogens is 395 g/mol. The lowest BCUT2D eigenvalue weighted by Crippen LogP contribution is -2.51. The molecule has 0 aliphatic carbocycles. The van der Waals surface area contributed by atoms with Gasteiger partial charge in [-0.3, -0.25) is 18.9 Å². The molecule has 0 N–H and O–H groups in total. The van der Waals surface area contributed by atoms with Crippen molar-refractivity contribution in [3.63, 3.8) is 0 Å². The van der Waals surface area contributed by atoms with Crippen LogP contribution in [0.2, 0.25) is 0 Å². The van der Waals surface area contributed by atoms with Crippen LogP contribution < -0.4 is 10.3 Å². The highest BCUT2D eigenvalue weighted by atomic mass is 32.1. The molecule has 4 rings (SSSR count). The summed E-state index contributed by atoms with van der Waals surface area (Å²) in [6.07, 6.45) is 1.08. The number of amides is 1. The zero-order chi connectivity index (χ0) is 20.4. The second-order valence-corrected chi connectivity index (χ2v) is 7.83. The zero-order valence-corrected chi connectivity index (χ0v) is 16.8. The quantitative estimate of drug-likeness (QED) is 0.637. The first kappa shape index (κ1) is 19.5. The number of nitrogens with zero attached hydrogens (tertiary/aromatic N) is 4. The van der Waals surface area contributed by atoms with Gasteiger partial charge < -0.3 is 9.64 Å². The van der Waals surface area contributed by atoms with E-state index >= 15 is 0 Å². The third-order valence-electron chi connectivity index (χ3n) is 4.90. The van der Waals surface area contributed by atoms with Gasteiger partial charge in [-0.15, -0.1) is 11.3 Å². The van der Waals surface area contributed by atoms with E-state index in [4.69, 9.17) is 4.74 Å². The highest BCUT2D eigenvalue weighted by molar-refractivity contribution is 7.15. The number of benzene rings is 1. The Morgan fingerprint density at radius 2 is 1.97 bits per heavy atom. The molecule has 1 aliphatic heterocycles. The fraction of sp³-hybridized carbons (Fsp3) is 0.350. The summed E-state index contributed by atoms with van der Waals surface area (Å²) < 4.78 is 20.2. The molecule has 152 valence electrons. The van der Waals surface area contributed by atoms with Gasteiger partial charge in [0.15, 0.2) is 11.1 Å². The normalized spacial score (nSPS) is 16.1. The predicted molar refractivity (Wildman–Crippen MR) is 108 cm³/mol. The van der Waals surface area contributed by atoms with Gasteiger partial charge in [0.25, 0.3) is 11.5 Å². The Morgan fingerprint density at radius 3 is 2.69 bits per heavy atom. The maximum atomic E-state index is 13.0. The zero-order valence-electron chi connectivity index (χ0n) is 16.0. The Kier molecular flexibility index (Phi) is 5.59. The number of hydrogen-bond donors (Lipinski definition) is 0. The lowest BCUT2D eigenvalue weighted by atomic mass is 10.2. The number of halogens is 1. The van der Waals surface area contributed by atoms with E-state index in [2.05, 4.69) is 9.88 Å². The summed E-state index contributed by atoms with van der Waals surface area (Å²) in [5, 5.41) is 1.84. The fourth-order valence-corrected chi connectivity index (χ4v) is 4.09. The van der Waals surface area contributed by atoms with Crippen LogP contribution in [0.3, 0.4) is 0 Å². The Labute approximate surface area is 171 Å². The second kappa shape index (κ2) is 8.30. The van der Waals surface area contributed by atoms with Crippen molar-refractivity contribution >= 4 is 22.2 Å². The second-order valence-electron chi connectivity index (χ2n) is 6.96. The van der Waals surface area contributed by atoms with Crippen molar-refractivity contribution in [1.82, 2.24) is 19.2 Å². The van der Waals surface area contributed by atoms with Crippen molar-refractivity contribution in [1.29, 1.82) is 0 Å². The molecule has 2 aromatic heterocycles. The van der Waals surface area contributed by atoms with Crippen LogP contribution >= 0.6 is 11.3 Å². The fourth-order valence-electron chi connectivity index (χ4n) is 3.35. The molecule has 0 unspecified atom stereocenters. The summed E-state index contributed by atoms with van der Waals surface area (Å²) in [5.41, 5.74) is 0.664. The minimum atomic E-state index is -0.644. The standard InChI is InChI=1S/C20H21FN4O3S/c1-14(28-17-4-2-15(21)3-5-17)19(27)24-8-6-23(7-9-24)13-16-12-18(26)25-10-11-29-20(25)22-16/h2-5,10-12,14H,6-9,13H2,1H3/t14-/m1/s1. The molecule has 0 spiro atoms. The number of thiazole rings is 1. The smallest absolute Gasteiger partial charge is 0.263 e. The van der Waals surface area contributed by atoms with Crippen LogP contribution in [-0.4, -0.2) is 57.4 Å². The molecular formula is C20H21FN4O3S. The first-order valence-corrected chi connectivity index (χ1v) is 10.3. The topological polar surface area (TPSA) is 67.2 Å². The predicted octanol–water partition coefficient (Wildman–Crippen LogP) is 2.01. The van der Waals surface area contributed by atoms with Crippen molar-refractivity contribution < 1.29 is 13.9 Å². The summed E-state index contributed by atoms with van der Waals surface area (Å²) >= 11 is 1.43. The van der Waals surface area contributed by atoms with Crippen molar-refractivity contribution in [2.75, 3.05) is 26.2 Å². The maximum Gasteiger partial charge on any atom is 0.263 e. The van der Waals surface area contributed by atoms with E-state index < -0.39 is 6.10 Å². The first-order chi connectivity index (χ1) is 14.0. The lowest BCUT2D eigenvalue weighted by molar-refractivity contribution is -0.139. The lowest BCUT2D eigenvalue weighted by Gasteiger charge is -2.35. The van der Waals surface area contributed by atoms with Crippen molar-refractivity contribution in [2.45, 2.75) is 19.6 Å². The molecule has 3 heterocycles. The highest BCUT2D eigenvalue weighted by Gasteiger charge is 2.26. The van der Waals surface area contributed by atoms with Gasteiger partial charge in [0.05, 0.1) is 5.69 Å². The van der Waals surface area contributed by atoms with Gasteiger partial charge >= 0.3 is 0 Å². The molecule has 3 aromatic rings. The van der Waals surface area contributed by atoms with E-state index in [1.54, 1.807) is 24.1 Å². The van der Waals surface area contributed by atoms with E-state index in [0.29, 0.717) is 43.4 Å². The van der Waals surface area contributed by atoms with Gasteiger partial charge in [-0.25, -0.2) is 9.37 Å². The summed E-state index contributed by atoms with van der Waals surface area (Å²) in [5.74, 6) is 0.0282. The SMILES string of the molecule is C[C@@H](Oc1ccc(F)cc1)C(=O)N1CCN(Cc2cc(=O)n3ccsc3n2)CC1. The Hall–Kier alpha value is -2.78. The average molecular weight is 416 g/mol. The first-order valence-electron chi connectivity index (χ1n) is 9.39. The van der Waals surface area contributed by atoms with E-state index in [0.717, 1.165) is 5.69 Å². The van der Waals surface area contributed by atoms with Crippen LogP contribution in [0.4, 0.5) is 4.39 Å². The van der Waals surface area contributed by atoms with Crippen LogP contribution in [0.15, 0.2) is 46.7 Å². The van der Waals surface area contributed by atoms with Crippen LogP contribution in [0.1, 0.15) is 12.6 Å². The van der Waals surface area contributed by atoms with Crippen LogP contribution in [-0.2, 0) is 11.3 Å². The third-order valence-corrected chi connectivity index (χ3v) is 5.66. The molecule has 9 heteroatoms. The number of piperazine rings is 1. The molecule has 0 radical (unpaired) electrons. The number of aromatic nitrogens is 2. The van der Waals surface area contributed by atoms with Crippen molar-refractivity contribution in [2.24, 2.45) is 0 Å². The summed E-state index contributed by atoms with van der Waals surface area (Å²) in [6.45, 7) is 4.83. The van der Waals surface area contributed by atoms with Gasteiger partial charge in [-0.05, 0) is 31.2 Å². The average Bonchev–Trinajstić information content (AvgIpc) is 3.19. The van der Waals surface area contributed by atoms with Gasteiger partial charge in [-0.1, -0.05) is 0 Å². The number of fused-ring (bicyclic) bond motifs is 1. The van der Waals surface area contributed by atoms with Crippen LogP contribution in [0, 0.1) is 5.82 Å². The molecule has 1 aliphatic rings. The Balaban J connectivity index is 1.31. The molecule has 0 bridgehead atoms. The number of ether oxygens (including phenoxy) is 1. The Bertz CT molecular complexity index is 1060. The van der Waals surface area contributed by atoms with Gasteiger partial charge in [0.1, 0.15) is 11.6 Å². The van der Waals surface area contributed by atoms with E-state index in [1.807, 2.05) is 5.38 Å². The van der Waals surface area contributed by atoms with Gasteiger partial charge in [0.2, 0.25) is 0 Å². The number of carbonyl (C=O) groups excluding carboxylic acids is 1. The van der Waals surface area contributed by atoms with Crippen molar-refractivity contribution in [3.05, 3.63) is 63.8 Å². The molecule has 1 aromatic carbocycles. The largest absolute Gasteiger partial charge is 0.481 e. The highest BCUT2D eigenvalue weighted by Crippen LogP contribution is 2.15. The summed E-state index contributed by atoms with van der Waals surface area (Å²) in [7, 11) is 0. The van der Waals surface area contributed by atoms with E-state index in [1.165, 1.54) is 40.0 Å². The summed E-state index contributed by atoms with van der Waals surface area (Å²) in [4.78, 5) is 33.9. The monoisotopic (exact) mass is 416 g/mol. The Morgan fingerprint density at radius 1 is 1.24 bits per heavy atom. The minimum absolute atomic E-state index is 0.0770. The van der Waals surface area contributed by atoms with Gasteiger partial charge in [-0.2, -0.15) is 0 Å². The van der Waals surface area contributed by atoms with E-state index in [9.17, 15) is 14.0 Å². The van der Waals surface area contributed by atoms with Crippen molar-refractivity contribution in [3.8, 4) is 5.75 Å². The number of hydrogen-bond acceptors (Lipinski definition) is 6. The third kappa shape index (κ3) is 4.46. The molecule has 1 saturated heterocycles. The summed E-state index contributed by atoms with van der Waals surface area (Å²) in [6, 6.07) is 7.20. The van der Waals surface area contributed by atoms with Crippen LogP contribution in [0.25, 0.3) is 4.96 Å². The van der Waals surface area contributed by atoms with Gasteiger partial charge in [0, 0.05) is 50.4 Å². The number of carbonyl (C=O) groups is 1. The molecule has 29 heavy (non-hydrogen) atoms. The van der Waals surface area contributed by atoms with Crippen LogP contribution in [0.5, 0.6) is 5.75 Å². The molecule has 1 amide bonds. The molecule has 1 fully saturated rings.